The average Bonchev–Trinajstić information content (AvgIpc) is 2.61. The number of hydrogen-bond acceptors (Lipinski definition) is 3. The maximum absolute atomic E-state index is 12.3. The number of carbonyl (C=O) groups excluding carboxylic acids is 1. The second-order valence-corrected chi connectivity index (χ2v) is 7.11. The van der Waals surface area contributed by atoms with E-state index in [0.29, 0.717) is 27.3 Å². The minimum atomic E-state index is -0.117. The molecule has 0 spiro atoms. The molecule has 1 amide bonds. The fourth-order valence-corrected chi connectivity index (χ4v) is 3.41. The average molecular weight is 399 g/mol. The van der Waals surface area contributed by atoms with E-state index in [0.717, 1.165) is 26.2 Å². The molecule has 2 aromatic carbocycles. The molecule has 0 saturated carbocycles. The number of piperazine rings is 1. The fraction of sp³-hybridized carbons (Fsp3) is 0.278. The van der Waals surface area contributed by atoms with E-state index in [2.05, 4.69) is 27.2 Å². The lowest BCUT2D eigenvalue weighted by atomic mass is 10.2. The van der Waals surface area contributed by atoms with Crippen molar-refractivity contribution in [1.29, 1.82) is 0 Å². The van der Waals surface area contributed by atoms with Crippen molar-refractivity contribution in [2.24, 2.45) is 0 Å². The SMILES string of the molecule is O=C(CN1CCN(c2ccccc2)CC1)Nc1cc(Cl)c(Cl)cc1Cl. The van der Waals surface area contributed by atoms with Crippen LogP contribution in [0.1, 0.15) is 0 Å². The quantitative estimate of drug-likeness (QED) is 0.775. The minimum Gasteiger partial charge on any atom is -0.369 e. The number of nitrogens with zero attached hydrogens (tertiary/aromatic N) is 2. The van der Waals surface area contributed by atoms with Gasteiger partial charge in [-0.3, -0.25) is 9.69 Å². The smallest absolute Gasteiger partial charge is 0.238 e. The van der Waals surface area contributed by atoms with Crippen molar-refractivity contribution in [3.05, 3.63) is 57.5 Å². The predicted molar refractivity (Wildman–Crippen MR) is 105 cm³/mol. The van der Waals surface area contributed by atoms with Crippen LogP contribution in [0.2, 0.25) is 15.1 Å². The molecule has 25 heavy (non-hydrogen) atoms. The van der Waals surface area contributed by atoms with E-state index in [9.17, 15) is 4.79 Å². The largest absolute Gasteiger partial charge is 0.369 e. The van der Waals surface area contributed by atoms with Crippen LogP contribution in [0.25, 0.3) is 0 Å². The van der Waals surface area contributed by atoms with Crippen molar-refractivity contribution in [3.8, 4) is 0 Å². The van der Waals surface area contributed by atoms with E-state index in [1.165, 1.54) is 11.8 Å². The third-order valence-corrected chi connectivity index (χ3v) is 5.18. The second kappa shape index (κ2) is 8.28. The van der Waals surface area contributed by atoms with Gasteiger partial charge in [-0.25, -0.2) is 0 Å². The van der Waals surface area contributed by atoms with Crippen LogP contribution in [0.15, 0.2) is 42.5 Å². The predicted octanol–water partition coefficient (Wildman–Crippen LogP) is 4.41. The molecule has 4 nitrogen and oxygen atoms in total. The van der Waals surface area contributed by atoms with Gasteiger partial charge < -0.3 is 10.2 Å². The van der Waals surface area contributed by atoms with Gasteiger partial charge in [0.05, 0.1) is 27.3 Å². The van der Waals surface area contributed by atoms with Crippen molar-refractivity contribution in [2.75, 3.05) is 42.9 Å². The van der Waals surface area contributed by atoms with Crippen molar-refractivity contribution >= 4 is 52.1 Å². The summed E-state index contributed by atoms with van der Waals surface area (Å²) in [6.07, 6.45) is 0. The Kier molecular flexibility index (Phi) is 6.07. The van der Waals surface area contributed by atoms with Crippen molar-refractivity contribution in [2.45, 2.75) is 0 Å². The first-order chi connectivity index (χ1) is 12.0. The highest BCUT2D eigenvalue weighted by Crippen LogP contribution is 2.32. The van der Waals surface area contributed by atoms with Gasteiger partial charge in [0.1, 0.15) is 0 Å². The number of para-hydroxylation sites is 1. The topological polar surface area (TPSA) is 35.6 Å². The number of halogens is 3. The summed E-state index contributed by atoms with van der Waals surface area (Å²) in [4.78, 5) is 16.7. The molecule has 0 aliphatic carbocycles. The number of benzene rings is 2. The summed E-state index contributed by atoms with van der Waals surface area (Å²) in [5.74, 6) is -0.117. The Morgan fingerprint density at radius 3 is 2.24 bits per heavy atom. The number of rotatable bonds is 4. The Labute approximate surface area is 162 Å². The molecule has 7 heteroatoms. The van der Waals surface area contributed by atoms with Crippen LogP contribution < -0.4 is 10.2 Å². The maximum atomic E-state index is 12.3. The molecule has 1 aliphatic rings. The number of carbonyl (C=O) groups is 1. The lowest BCUT2D eigenvalue weighted by molar-refractivity contribution is -0.117. The van der Waals surface area contributed by atoms with Crippen molar-refractivity contribution in [1.82, 2.24) is 4.90 Å². The number of hydrogen-bond donors (Lipinski definition) is 1. The van der Waals surface area contributed by atoms with Crippen LogP contribution in [0.3, 0.4) is 0 Å². The van der Waals surface area contributed by atoms with Gasteiger partial charge in [0.15, 0.2) is 0 Å². The normalized spacial score (nSPS) is 15.2. The summed E-state index contributed by atoms with van der Waals surface area (Å²) in [6, 6.07) is 13.4. The van der Waals surface area contributed by atoms with E-state index in [4.69, 9.17) is 34.8 Å². The molecule has 1 heterocycles. The summed E-state index contributed by atoms with van der Waals surface area (Å²) in [5.41, 5.74) is 1.69. The van der Waals surface area contributed by atoms with Gasteiger partial charge in [-0.2, -0.15) is 0 Å². The second-order valence-electron chi connectivity index (χ2n) is 5.89. The Bertz CT molecular complexity index is 747. The summed E-state index contributed by atoms with van der Waals surface area (Å²) in [7, 11) is 0. The highest BCUT2D eigenvalue weighted by atomic mass is 35.5. The van der Waals surface area contributed by atoms with Crippen LogP contribution in [-0.4, -0.2) is 43.5 Å². The monoisotopic (exact) mass is 397 g/mol. The number of amides is 1. The molecule has 1 N–H and O–H groups in total. The maximum Gasteiger partial charge on any atom is 0.238 e. The van der Waals surface area contributed by atoms with Crippen molar-refractivity contribution < 1.29 is 4.79 Å². The van der Waals surface area contributed by atoms with Gasteiger partial charge in [-0.15, -0.1) is 0 Å². The van der Waals surface area contributed by atoms with Gasteiger partial charge in [0.25, 0.3) is 0 Å². The first-order valence-corrected chi connectivity index (χ1v) is 9.13. The molecule has 1 saturated heterocycles. The lowest BCUT2D eigenvalue weighted by Crippen LogP contribution is -2.48. The first kappa shape index (κ1) is 18.3. The molecule has 0 aromatic heterocycles. The fourth-order valence-electron chi connectivity index (χ4n) is 2.81. The summed E-state index contributed by atoms with van der Waals surface area (Å²) in [5, 5.41) is 3.89. The van der Waals surface area contributed by atoms with Crippen LogP contribution in [0.4, 0.5) is 11.4 Å². The van der Waals surface area contributed by atoms with Gasteiger partial charge in [0.2, 0.25) is 5.91 Å². The van der Waals surface area contributed by atoms with E-state index >= 15 is 0 Å². The highest BCUT2D eigenvalue weighted by molar-refractivity contribution is 6.44. The standard InChI is InChI=1S/C18H18Cl3N3O/c19-14-10-16(21)17(11-15(14)20)22-18(25)12-23-6-8-24(9-7-23)13-4-2-1-3-5-13/h1-5,10-11H,6-9,12H2,(H,22,25). The van der Waals surface area contributed by atoms with E-state index in [1.807, 2.05) is 18.2 Å². The summed E-state index contributed by atoms with van der Waals surface area (Å²) >= 11 is 18.0. The van der Waals surface area contributed by atoms with Crippen LogP contribution >= 0.6 is 34.8 Å². The summed E-state index contributed by atoms with van der Waals surface area (Å²) in [6.45, 7) is 3.77. The third kappa shape index (κ3) is 4.79. The molecular formula is C18H18Cl3N3O. The van der Waals surface area contributed by atoms with E-state index in [-0.39, 0.29) is 5.91 Å². The molecule has 0 atom stereocenters. The summed E-state index contributed by atoms with van der Waals surface area (Å²) < 4.78 is 0. The molecule has 0 bridgehead atoms. The molecule has 0 unspecified atom stereocenters. The Hall–Kier alpha value is -1.46. The Morgan fingerprint density at radius 2 is 1.56 bits per heavy atom. The first-order valence-electron chi connectivity index (χ1n) is 7.99. The highest BCUT2D eigenvalue weighted by Gasteiger charge is 2.19. The molecular weight excluding hydrogens is 381 g/mol. The van der Waals surface area contributed by atoms with Crippen molar-refractivity contribution in [3.63, 3.8) is 0 Å². The van der Waals surface area contributed by atoms with Gasteiger partial charge in [0, 0.05) is 31.9 Å². The minimum absolute atomic E-state index is 0.117. The van der Waals surface area contributed by atoms with Crippen LogP contribution in [0, 0.1) is 0 Å². The zero-order valence-corrected chi connectivity index (χ0v) is 15.8. The number of nitrogens with one attached hydrogen (secondary N) is 1. The molecule has 1 fully saturated rings. The number of anilines is 2. The Balaban J connectivity index is 1.52. The zero-order valence-electron chi connectivity index (χ0n) is 13.5. The zero-order chi connectivity index (χ0) is 17.8. The van der Waals surface area contributed by atoms with Gasteiger partial charge in [-0.05, 0) is 24.3 Å². The van der Waals surface area contributed by atoms with Gasteiger partial charge >= 0.3 is 0 Å². The lowest BCUT2D eigenvalue weighted by Gasteiger charge is -2.35. The third-order valence-electron chi connectivity index (χ3n) is 4.14. The van der Waals surface area contributed by atoms with E-state index < -0.39 is 0 Å². The molecule has 0 radical (unpaired) electrons. The molecule has 1 aliphatic heterocycles. The van der Waals surface area contributed by atoms with Gasteiger partial charge in [-0.1, -0.05) is 53.0 Å². The Morgan fingerprint density at radius 1 is 0.920 bits per heavy atom. The van der Waals surface area contributed by atoms with E-state index in [1.54, 1.807) is 6.07 Å². The van der Waals surface area contributed by atoms with Crippen LogP contribution in [-0.2, 0) is 4.79 Å². The molecule has 2 aromatic rings. The molecule has 132 valence electrons. The van der Waals surface area contributed by atoms with Crippen LogP contribution in [0.5, 0.6) is 0 Å². The molecule has 3 rings (SSSR count).